The van der Waals surface area contributed by atoms with Crippen molar-refractivity contribution in [3.05, 3.63) is 0 Å². The van der Waals surface area contributed by atoms with E-state index in [0.29, 0.717) is 0 Å². The third-order valence-electron chi connectivity index (χ3n) is 3.42. The summed E-state index contributed by atoms with van der Waals surface area (Å²) in [5.41, 5.74) is 0. The number of hydrogen-bond acceptors (Lipinski definition) is 2. The van der Waals surface area contributed by atoms with Gasteiger partial charge in [0.15, 0.2) is 8.32 Å². The maximum atomic E-state index is 11.0. The number of nitrogens with one attached hydrogen (secondary N) is 1. The van der Waals surface area contributed by atoms with Gasteiger partial charge in [-0.05, 0) is 32.0 Å². The van der Waals surface area contributed by atoms with Crippen LogP contribution in [0.15, 0.2) is 0 Å². The second-order valence-electron chi connectivity index (χ2n) is 6.07. The molecular formula is C12H27NO2Si. The first-order valence-corrected chi connectivity index (χ1v) is 8.83. The normalized spacial score (nSPS) is 16.8. The Balaban J connectivity index is 4.44. The Morgan fingerprint density at radius 2 is 1.69 bits per heavy atom. The molecule has 0 saturated heterocycles. The van der Waals surface area contributed by atoms with Gasteiger partial charge in [-0.1, -0.05) is 20.8 Å². The van der Waals surface area contributed by atoms with Crippen molar-refractivity contribution >= 4 is 14.2 Å². The van der Waals surface area contributed by atoms with Gasteiger partial charge in [0.05, 0.1) is 12.1 Å². The third kappa shape index (κ3) is 4.66. The molecule has 0 heterocycles. The van der Waals surface area contributed by atoms with Crippen molar-refractivity contribution in [2.45, 2.75) is 71.8 Å². The van der Waals surface area contributed by atoms with E-state index in [4.69, 9.17) is 4.43 Å². The van der Waals surface area contributed by atoms with Gasteiger partial charge in [0.1, 0.15) is 0 Å². The van der Waals surface area contributed by atoms with Gasteiger partial charge in [0.2, 0.25) is 5.91 Å². The van der Waals surface area contributed by atoms with Crippen molar-refractivity contribution in [3.63, 3.8) is 0 Å². The fourth-order valence-corrected chi connectivity index (χ4v) is 2.67. The van der Waals surface area contributed by atoms with Crippen molar-refractivity contribution in [3.8, 4) is 0 Å². The summed E-state index contributed by atoms with van der Waals surface area (Å²) in [7, 11) is -1.73. The predicted octanol–water partition coefficient (Wildman–Crippen LogP) is 2.92. The molecule has 1 amide bonds. The molecule has 2 atom stereocenters. The summed E-state index contributed by atoms with van der Waals surface area (Å²) in [6.45, 7) is 16.7. The summed E-state index contributed by atoms with van der Waals surface area (Å²) in [6, 6.07) is 0.0617. The van der Waals surface area contributed by atoms with Gasteiger partial charge in [-0.2, -0.15) is 0 Å². The van der Waals surface area contributed by atoms with E-state index < -0.39 is 8.32 Å². The van der Waals surface area contributed by atoms with E-state index >= 15 is 0 Å². The SMILES string of the molecule is CC(=O)NC(C)C(C)O[Si](C)(C)C(C)(C)C. The van der Waals surface area contributed by atoms with Gasteiger partial charge in [0.25, 0.3) is 0 Å². The molecule has 0 aliphatic carbocycles. The molecule has 0 bridgehead atoms. The Labute approximate surface area is 101 Å². The van der Waals surface area contributed by atoms with E-state index in [0.717, 1.165) is 0 Å². The van der Waals surface area contributed by atoms with E-state index in [9.17, 15) is 4.79 Å². The fraction of sp³-hybridized carbons (Fsp3) is 0.917. The minimum Gasteiger partial charge on any atom is -0.412 e. The van der Waals surface area contributed by atoms with Crippen molar-refractivity contribution in [2.24, 2.45) is 0 Å². The molecule has 0 radical (unpaired) electrons. The highest BCUT2D eigenvalue weighted by Crippen LogP contribution is 2.37. The van der Waals surface area contributed by atoms with Crippen LogP contribution in [0.2, 0.25) is 18.1 Å². The summed E-state index contributed by atoms with van der Waals surface area (Å²) in [4.78, 5) is 11.0. The maximum absolute atomic E-state index is 11.0. The van der Waals surface area contributed by atoms with E-state index in [1.807, 2.05) is 13.8 Å². The zero-order chi connectivity index (χ0) is 13.1. The summed E-state index contributed by atoms with van der Waals surface area (Å²) >= 11 is 0. The largest absolute Gasteiger partial charge is 0.412 e. The van der Waals surface area contributed by atoms with E-state index in [1.165, 1.54) is 6.92 Å². The van der Waals surface area contributed by atoms with Crippen molar-refractivity contribution < 1.29 is 9.22 Å². The Morgan fingerprint density at radius 1 is 1.25 bits per heavy atom. The standard InChI is InChI=1S/C12H27NO2Si/c1-9(13-11(3)14)10(2)15-16(7,8)12(4,5)6/h9-10H,1-8H3,(H,13,14). The monoisotopic (exact) mass is 245 g/mol. The van der Waals surface area contributed by atoms with Crippen LogP contribution in [0.5, 0.6) is 0 Å². The van der Waals surface area contributed by atoms with Crippen LogP contribution in [0, 0.1) is 0 Å². The average Bonchev–Trinajstić information content (AvgIpc) is 1.99. The molecule has 2 unspecified atom stereocenters. The number of rotatable bonds is 4. The van der Waals surface area contributed by atoms with Gasteiger partial charge >= 0.3 is 0 Å². The smallest absolute Gasteiger partial charge is 0.217 e. The molecule has 0 fully saturated rings. The summed E-state index contributed by atoms with van der Waals surface area (Å²) in [5.74, 6) is -0.00168. The van der Waals surface area contributed by atoms with E-state index in [-0.39, 0.29) is 23.1 Å². The second-order valence-corrected chi connectivity index (χ2v) is 10.8. The maximum Gasteiger partial charge on any atom is 0.217 e. The van der Waals surface area contributed by atoms with Crippen LogP contribution in [-0.2, 0) is 9.22 Å². The first-order chi connectivity index (χ1) is 6.97. The number of carbonyl (C=O) groups excluding carboxylic acids is 1. The molecule has 0 saturated carbocycles. The molecule has 0 spiro atoms. The molecule has 96 valence electrons. The average molecular weight is 245 g/mol. The molecule has 0 aliphatic heterocycles. The van der Waals surface area contributed by atoms with Crippen LogP contribution in [0.25, 0.3) is 0 Å². The lowest BCUT2D eigenvalue weighted by molar-refractivity contribution is -0.120. The minimum atomic E-state index is -1.73. The third-order valence-corrected chi connectivity index (χ3v) is 8.00. The molecule has 16 heavy (non-hydrogen) atoms. The molecule has 0 aromatic rings. The summed E-state index contributed by atoms with van der Waals surface area (Å²) in [5, 5.41) is 3.08. The first kappa shape index (κ1) is 15.6. The highest BCUT2D eigenvalue weighted by molar-refractivity contribution is 6.74. The van der Waals surface area contributed by atoms with Gasteiger partial charge in [-0.15, -0.1) is 0 Å². The van der Waals surface area contributed by atoms with Crippen molar-refractivity contribution in [1.82, 2.24) is 5.32 Å². The lowest BCUT2D eigenvalue weighted by Crippen LogP contribution is -2.49. The Hall–Kier alpha value is -0.353. The van der Waals surface area contributed by atoms with E-state index in [1.54, 1.807) is 0 Å². The van der Waals surface area contributed by atoms with Crippen LogP contribution in [0.3, 0.4) is 0 Å². The topological polar surface area (TPSA) is 38.3 Å². The highest BCUT2D eigenvalue weighted by atomic mass is 28.4. The zero-order valence-electron chi connectivity index (χ0n) is 12.0. The lowest BCUT2D eigenvalue weighted by atomic mass is 10.2. The number of hydrogen-bond donors (Lipinski definition) is 1. The molecule has 0 aromatic heterocycles. The Kier molecular flexibility index (Phi) is 5.20. The molecule has 0 aromatic carbocycles. The highest BCUT2D eigenvalue weighted by Gasteiger charge is 2.39. The Bertz CT molecular complexity index is 246. The molecule has 1 N–H and O–H groups in total. The quantitative estimate of drug-likeness (QED) is 0.773. The molecule has 3 nitrogen and oxygen atoms in total. The number of carbonyl (C=O) groups is 1. The summed E-state index contributed by atoms with van der Waals surface area (Å²) in [6.07, 6.45) is 0.0600. The van der Waals surface area contributed by atoms with Gasteiger partial charge < -0.3 is 9.74 Å². The second kappa shape index (κ2) is 5.32. The summed E-state index contributed by atoms with van der Waals surface area (Å²) < 4.78 is 6.19. The molecule has 4 heteroatoms. The van der Waals surface area contributed by atoms with Gasteiger partial charge in [-0.25, -0.2) is 0 Å². The van der Waals surface area contributed by atoms with Crippen LogP contribution in [0.4, 0.5) is 0 Å². The van der Waals surface area contributed by atoms with Crippen LogP contribution >= 0.6 is 0 Å². The Morgan fingerprint density at radius 3 is 2.00 bits per heavy atom. The van der Waals surface area contributed by atoms with Crippen molar-refractivity contribution in [2.75, 3.05) is 0 Å². The van der Waals surface area contributed by atoms with Crippen LogP contribution < -0.4 is 5.32 Å². The predicted molar refractivity (Wildman–Crippen MR) is 71.0 cm³/mol. The molecular weight excluding hydrogens is 218 g/mol. The van der Waals surface area contributed by atoms with Crippen LogP contribution in [-0.4, -0.2) is 26.4 Å². The van der Waals surface area contributed by atoms with Gasteiger partial charge in [0, 0.05) is 6.92 Å². The minimum absolute atomic E-state index is 0.00168. The zero-order valence-corrected chi connectivity index (χ0v) is 13.0. The fourth-order valence-electron chi connectivity index (χ4n) is 1.18. The lowest BCUT2D eigenvalue weighted by Gasteiger charge is -2.39. The first-order valence-electron chi connectivity index (χ1n) is 5.92. The van der Waals surface area contributed by atoms with Crippen LogP contribution in [0.1, 0.15) is 41.5 Å². The van der Waals surface area contributed by atoms with E-state index in [2.05, 4.69) is 39.2 Å². The molecule has 0 aliphatic rings. The molecule has 0 rings (SSSR count). The van der Waals surface area contributed by atoms with Crippen molar-refractivity contribution in [1.29, 1.82) is 0 Å². The number of amides is 1. The van der Waals surface area contributed by atoms with Gasteiger partial charge in [-0.3, -0.25) is 4.79 Å².